The monoisotopic (exact) mass is 577 g/mol. The molecule has 0 unspecified atom stereocenters. The molecule has 1 heterocycles. The Balaban J connectivity index is 3.77. The molecule has 13 nitrogen and oxygen atoms in total. The van der Waals surface area contributed by atoms with Crippen LogP contribution < -0.4 is 5.32 Å². The first kappa shape index (κ1) is 34.5. The summed E-state index contributed by atoms with van der Waals surface area (Å²) in [6.07, 6.45) is -5.66. The second kappa shape index (κ2) is 13.7. The van der Waals surface area contributed by atoms with Gasteiger partial charge in [-0.05, 0) is 18.1 Å². The van der Waals surface area contributed by atoms with Crippen LogP contribution in [0.25, 0.3) is 0 Å². The third-order valence-electron chi connectivity index (χ3n) is 6.79. The summed E-state index contributed by atoms with van der Waals surface area (Å²) in [5, 5.41) is 2.44. The first-order valence-corrected chi connectivity index (χ1v) is 15.4. The molecule has 0 aromatic carbocycles. The number of hydrogen-bond acceptors (Lipinski definition) is 12. The third-order valence-corrected chi connectivity index (χ3v) is 11.3. The zero-order valence-electron chi connectivity index (χ0n) is 24.7. The lowest BCUT2D eigenvalue weighted by molar-refractivity contribution is -0.307. The first-order valence-electron chi connectivity index (χ1n) is 12.5. The molecule has 14 heteroatoms. The fourth-order valence-corrected chi connectivity index (χ4v) is 4.93. The molecule has 0 saturated carbocycles. The molecule has 6 atom stereocenters. The van der Waals surface area contributed by atoms with Gasteiger partial charge in [-0.2, -0.15) is 0 Å². The quantitative estimate of drug-likeness (QED) is 0.215. The van der Waals surface area contributed by atoms with Gasteiger partial charge < -0.3 is 38.2 Å². The molecule has 0 aromatic heterocycles. The number of carbonyl (C=O) groups is 5. The van der Waals surface area contributed by atoms with Crippen molar-refractivity contribution in [1.29, 1.82) is 0 Å². The lowest BCUT2D eigenvalue weighted by Gasteiger charge is -2.48. The van der Waals surface area contributed by atoms with Gasteiger partial charge in [0.05, 0.1) is 26.2 Å². The van der Waals surface area contributed by atoms with Crippen molar-refractivity contribution in [2.45, 2.75) is 109 Å². The number of ether oxygens (including phenoxy) is 6. The lowest BCUT2D eigenvalue weighted by atomic mass is 9.88. The van der Waals surface area contributed by atoms with Crippen LogP contribution in [-0.4, -0.2) is 95.2 Å². The van der Waals surface area contributed by atoms with Crippen LogP contribution in [0.4, 0.5) is 0 Å². The standard InChI is InChI=1S/C25H43NO12Si/c1-14(27)26-20-18(35-15(2)28)12-25(33-9,23(31)32-8)38-22(20)21(37-17(4)30)19(36-16(3)29)13-34-39(10,11)24(5,6)7/h18-22H,12-13H2,1-11H3,(H,26,27)/t18-,19+,20+,21+,22+,25+/m0/s1. The van der Waals surface area contributed by atoms with Gasteiger partial charge in [-0.15, -0.1) is 0 Å². The Labute approximate surface area is 230 Å². The van der Waals surface area contributed by atoms with Gasteiger partial charge in [0.1, 0.15) is 12.2 Å². The average Bonchev–Trinajstić information content (AvgIpc) is 2.79. The zero-order valence-corrected chi connectivity index (χ0v) is 25.7. The first-order chi connectivity index (χ1) is 17.8. The summed E-state index contributed by atoms with van der Waals surface area (Å²) in [4.78, 5) is 61.6. The third kappa shape index (κ3) is 9.26. The minimum absolute atomic E-state index is 0.197. The summed E-state index contributed by atoms with van der Waals surface area (Å²) in [6, 6.07) is -1.16. The van der Waals surface area contributed by atoms with Gasteiger partial charge in [-0.1, -0.05) is 20.8 Å². The fraction of sp³-hybridized carbons (Fsp3) is 0.800. The van der Waals surface area contributed by atoms with Crippen LogP contribution in [0.5, 0.6) is 0 Å². The molecular weight excluding hydrogens is 534 g/mol. The number of nitrogens with one attached hydrogen (secondary N) is 1. The van der Waals surface area contributed by atoms with Crippen LogP contribution in [0, 0.1) is 0 Å². The zero-order chi connectivity index (χ0) is 30.3. The van der Waals surface area contributed by atoms with E-state index in [2.05, 4.69) is 5.32 Å². The average molecular weight is 578 g/mol. The molecule has 0 spiro atoms. The molecule has 1 amide bonds. The van der Waals surface area contributed by atoms with E-state index in [1.807, 2.05) is 33.9 Å². The van der Waals surface area contributed by atoms with E-state index in [4.69, 9.17) is 32.8 Å². The van der Waals surface area contributed by atoms with E-state index in [-0.39, 0.29) is 18.1 Å². The second-order valence-corrected chi connectivity index (χ2v) is 15.7. The number of esters is 4. The minimum Gasteiger partial charge on any atom is -0.465 e. The maximum Gasteiger partial charge on any atom is 0.366 e. The van der Waals surface area contributed by atoms with Gasteiger partial charge in [0, 0.05) is 34.8 Å². The maximum absolute atomic E-state index is 12.9. The van der Waals surface area contributed by atoms with Crippen molar-refractivity contribution >= 4 is 38.1 Å². The number of hydrogen-bond donors (Lipinski definition) is 1. The molecule has 0 radical (unpaired) electrons. The van der Waals surface area contributed by atoms with Crippen LogP contribution >= 0.6 is 0 Å². The van der Waals surface area contributed by atoms with E-state index >= 15 is 0 Å². The van der Waals surface area contributed by atoms with Gasteiger partial charge in [-0.25, -0.2) is 4.79 Å². The van der Waals surface area contributed by atoms with Crippen molar-refractivity contribution in [2.24, 2.45) is 0 Å². The minimum atomic E-state index is -2.40. The Bertz CT molecular complexity index is 917. The molecule has 0 aromatic rings. The highest BCUT2D eigenvalue weighted by molar-refractivity contribution is 6.74. The molecular formula is C25H43NO12Si. The van der Waals surface area contributed by atoms with Gasteiger partial charge >= 0.3 is 23.9 Å². The number of carbonyl (C=O) groups excluding carboxylic acids is 5. The van der Waals surface area contributed by atoms with Crippen molar-refractivity contribution in [3.8, 4) is 0 Å². The summed E-state index contributed by atoms with van der Waals surface area (Å²) in [6.45, 7) is 14.5. The van der Waals surface area contributed by atoms with Gasteiger partial charge in [-0.3, -0.25) is 19.2 Å². The van der Waals surface area contributed by atoms with Crippen LogP contribution in [0.2, 0.25) is 18.1 Å². The van der Waals surface area contributed by atoms with Crippen LogP contribution in [0.3, 0.4) is 0 Å². The van der Waals surface area contributed by atoms with Gasteiger partial charge in [0.2, 0.25) is 5.91 Å². The Kier molecular flexibility index (Phi) is 12.1. The SMILES string of the molecule is COC(=O)[C@@]1(OC)C[C@H](OC(C)=O)[C@@H](NC(C)=O)[C@H]([C@H](OC(C)=O)[C@@H](CO[Si](C)(C)C(C)(C)C)OC(C)=O)O1. The number of rotatable bonds is 11. The Morgan fingerprint density at radius 1 is 0.974 bits per heavy atom. The van der Waals surface area contributed by atoms with Crippen LogP contribution in [-0.2, 0) is 56.8 Å². The molecule has 39 heavy (non-hydrogen) atoms. The highest BCUT2D eigenvalue weighted by atomic mass is 28.4. The van der Waals surface area contributed by atoms with E-state index in [0.717, 1.165) is 21.0 Å². The van der Waals surface area contributed by atoms with E-state index < -0.39 is 74.3 Å². The van der Waals surface area contributed by atoms with E-state index in [1.165, 1.54) is 21.0 Å². The summed E-state index contributed by atoms with van der Waals surface area (Å²) in [5.74, 6) is -5.80. The van der Waals surface area contributed by atoms with Crippen molar-refractivity contribution in [2.75, 3.05) is 20.8 Å². The predicted molar refractivity (Wildman–Crippen MR) is 139 cm³/mol. The second-order valence-electron chi connectivity index (χ2n) is 10.9. The molecule has 1 saturated heterocycles. The highest BCUT2D eigenvalue weighted by Gasteiger charge is 2.59. The molecule has 1 fully saturated rings. The maximum atomic E-state index is 12.9. The van der Waals surface area contributed by atoms with Gasteiger partial charge in [0.25, 0.3) is 5.79 Å². The van der Waals surface area contributed by atoms with Crippen LogP contribution in [0.1, 0.15) is 54.9 Å². The molecule has 1 N–H and O–H groups in total. The van der Waals surface area contributed by atoms with E-state index in [0.29, 0.717) is 0 Å². The fourth-order valence-electron chi connectivity index (χ4n) is 3.92. The molecule has 1 aliphatic heterocycles. The van der Waals surface area contributed by atoms with Crippen molar-refractivity contribution < 1.29 is 56.8 Å². The van der Waals surface area contributed by atoms with Crippen molar-refractivity contribution in [1.82, 2.24) is 5.32 Å². The Morgan fingerprint density at radius 3 is 1.95 bits per heavy atom. The molecule has 224 valence electrons. The molecule has 0 aliphatic carbocycles. The number of methoxy groups -OCH3 is 2. The molecule has 1 aliphatic rings. The smallest absolute Gasteiger partial charge is 0.366 e. The summed E-state index contributed by atoms with van der Waals surface area (Å²) >= 11 is 0. The van der Waals surface area contributed by atoms with Gasteiger partial charge in [0.15, 0.2) is 20.5 Å². The largest absolute Gasteiger partial charge is 0.465 e. The van der Waals surface area contributed by atoms with Crippen LogP contribution in [0.15, 0.2) is 0 Å². The predicted octanol–water partition coefficient (Wildman–Crippen LogP) is 1.61. The normalized spacial score (nSPS) is 25.1. The van der Waals surface area contributed by atoms with Crippen molar-refractivity contribution in [3.05, 3.63) is 0 Å². The topological polar surface area (TPSA) is 162 Å². The summed E-state index contributed by atoms with van der Waals surface area (Å²) in [5.41, 5.74) is 0. The molecule has 1 rings (SSSR count). The van der Waals surface area contributed by atoms with E-state index in [9.17, 15) is 24.0 Å². The Hall–Kier alpha value is -2.55. The number of amides is 1. The Morgan fingerprint density at radius 2 is 1.54 bits per heavy atom. The summed E-state index contributed by atoms with van der Waals surface area (Å²) < 4.78 is 39.4. The van der Waals surface area contributed by atoms with E-state index in [1.54, 1.807) is 0 Å². The highest BCUT2D eigenvalue weighted by Crippen LogP contribution is 2.39. The lowest BCUT2D eigenvalue weighted by Crippen LogP contribution is -2.69. The molecule has 0 bridgehead atoms. The summed E-state index contributed by atoms with van der Waals surface area (Å²) in [7, 11) is -0.107. The van der Waals surface area contributed by atoms with Crippen molar-refractivity contribution in [3.63, 3.8) is 0 Å².